The van der Waals surface area contributed by atoms with Crippen molar-refractivity contribution in [3.05, 3.63) is 23.2 Å². The van der Waals surface area contributed by atoms with Crippen molar-refractivity contribution in [3.63, 3.8) is 0 Å². The topological polar surface area (TPSA) is 71.5 Å². The highest BCUT2D eigenvalue weighted by molar-refractivity contribution is 5.92. The predicted octanol–water partition coefficient (Wildman–Crippen LogP) is 1.57. The third-order valence-electron chi connectivity index (χ3n) is 3.24. The van der Waals surface area contributed by atoms with Crippen molar-refractivity contribution < 1.29 is 9.21 Å². The highest BCUT2D eigenvalue weighted by Gasteiger charge is 2.29. The van der Waals surface area contributed by atoms with Gasteiger partial charge in [-0.15, -0.1) is 0 Å². The minimum absolute atomic E-state index is 0.319. The lowest BCUT2D eigenvalue weighted by molar-refractivity contribution is 0.0921. The summed E-state index contributed by atoms with van der Waals surface area (Å²) in [6.45, 7) is 5.88. The van der Waals surface area contributed by atoms with E-state index in [-0.39, 0.29) is 5.91 Å². The maximum atomic E-state index is 11.5. The van der Waals surface area contributed by atoms with Crippen LogP contribution in [0.1, 0.15) is 48.1 Å². The molecule has 100 valence electrons. The Labute approximate surface area is 107 Å². The molecule has 0 bridgehead atoms. The van der Waals surface area contributed by atoms with Gasteiger partial charge in [-0.3, -0.25) is 15.1 Å². The third-order valence-corrected chi connectivity index (χ3v) is 3.24. The smallest absolute Gasteiger partial charge is 0.301 e. The van der Waals surface area contributed by atoms with Gasteiger partial charge in [-0.05, 0) is 38.8 Å². The lowest BCUT2D eigenvalue weighted by atomic mass is 10.2. The molecule has 0 aromatic carbocycles. The number of hydrogen-bond donors (Lipinski definition) is 2. The fourth-order valence-electron chi connectivity index (χ4n) is 2.23. The van der Waals surface area contributed by atoms with Gasteiger partial charge in [-0.1, -0.05) is 6.92 Å². The molecule has 0 atom stereocenters. The molecular weight excluding hydrogens is 230 g/mol. The first-order valence-electron chi connectivity index (χ1n) is 6.50. The van der Waals surface area contributed by atoms with Gasteiger partial charge in [-0.25, -0.2) is 5.84 Å². The Bertz CT molecular complexity index is 424. The van der Waals surface area contributed by atoms with E-state index in [2.05, 4.69) is 17.2 Å². The molecule has 1 heterocycles. The molecule has 1 amide bonds. The van der Waals surface area contributed by atoms with E-state index in [0.29, 0.717) is 11.8 Å². The van der Waals surface area contributed by atoms with Crippen molar-refractivity contribution in [1.29, 1.82) is 0 Å². The van der Waals surface area contributed by atoms with Crippen LogP contribution in [0.3, 0.4) is 0 Å². The standard InChI is InChI=1S/C13H21N3O2/c1-3-6-16(10-4-5-10)8-11-7-9(2)12(18-11)13(17)15-14/h7,10H,3-6,8,14H2,1-2H3,(H,15,17). The Morgan fingerprint density at radius 2 is 2.33 bits per heavy atom. The number of nitrogens with one attached hydrogen (secondary N) is 1. The Kier molecular flexibility index (Phi) is 4.04. The summed E-state index contributed by atoms with van der Waals surface area (Å²) in [6, 6.07) is 2.62. The molecule has 1 aromatic heterocycles. The largest absolute Gasteiger partial charge is 0.454 e. The fraction of sp³-hybridized carbons (Fsp3) is 0.615. The average molecular weight is 251 g/mol. The first-order valence-corrected chi connectivity index (χ1v) is 6.50. The summed E-state index contributed by atoms with van der Waals surface area (Å²) in [5.41, 5.74) is 2.94. The van der Waals surface area contributed by atoms with E-state index >= 15 is 0 Å². The maximum absolute atomic E-state index is 11.5. The van der Waals surface area contributed by atoms with Crippen LogP contribution in [-0.2, 0) is 6.54 Å². The van der Waals surface area contributed by atoms with Crippen LogP contribution >= 0.6 is 0 Å². The van der Waals surface area contributed by atoms with Gasteiger partial charge in [0.25, 0.3) is 0 Å². The van der Waals surface area contributed by atoms with Crippen molar-refractivity contribution in [1.82, 2.24) is 10.3 Å². The summed E-state index contributed by atoms with van der Waals surface area (Å²) >= 11 is 0. The van der Waals surface area contributed by atoms with Crippen LogP contribution in [-0.4, -0.2) is 23.4 Å². The first-order chi connectivity index (χ1) is 8.65. The number of amides is 1. The van der Waals surface area contributed by atoms with Crippen LogP contribution in [0.15, 0.2) is 10.5 Å². The zero-order valence-electron chi connectivity index (χ0n) is 11.0. The number of nitrogen functional groups attached to an aromatic ring is 1. The van der Waals surface area contributed by atoms with Gasteiger partial charge in [0.1, 0.15) is 5.76 Å². The molecular formula is C13H21N3O2. The normalized spacial score (nSPS) is 15.1. The number of carbonyl (C=O) groups is 1. The van der Waals surface area contributed by atoms with Gasteiger partial charge in [0.2, 0.25) is 0 Å². The molecule has 0 spiro atoms. The SMILES string of the molecule is CCCN(Cc1cc(C)c(C(=O)NN)o1)C1CC1. The van der Waals surface area contributed by atoms with E-state index in [1.54, 1.807) is 0 Å². The second-order valence-electron chi connectivity index (χ2n) is 4.90. The lowest BCUT2D eigenvalue weighted by Gasteiger charge is -2.19. The molecule has 18 heavy (non-hydrogen) atoms. The molecule has 0 radical (unpaired) electrons. The number of aryl methyl sites for hydroxylation is 1. The molecule has 5 heteroatoms. The highest BCUT2D eigenvalue weighted by atomic mass is 16.4. The Morgan fingerprint density at radius 3 is 2.89 bits per heavy atom. The second kappa shape index (κ2) is 5.54. The number of nitrogens with two attached hydrogens (primary N) is 1. The van der Waals surface area contributed by atoms with Gasteiger partial charge in [-0.2, -0.15) is 0 Å². The Hall–Kier alpha value is -1.33. The van der Waals surface area contributed by atoms with Crippen LogP contribution in [0.25, 0.3) is 0 Å². The molecule has 1 saturated carbocycles. The summed E-state index contributed by atoms with van der Waals surface area (Å²) in [6.07, 6.45) is 3.68. The quantitative estimate of drug-likeness (QED) is 0.457. The molecule has 5 nitrogen and oxygen atoms in total. The minimum atomic E-state index is -0.368. The Balaban J connectivity index is 2.06. The van der Waals surface area contributed by atoms with Crippen LogP contribution in [0, 0.1) is 6.92 Å². The van der Waals surface area contributed by atoms with Gasteiger partial charge in [0.05, 0.1) is 6.54 Å². The van der Waals surface area contributed by atoms with E-state index in [1.807, 2.05) is 13.0 Å². The number of rotatable bonds is 6. The van der Waals surface area contributed by atoms with E-state index in [4.69, 9.17) is 10.3 Å². The van der Waals surface area contributed by atoms with E-state index in [1.165, 1.54) is 12.8 Å². The molecule has 0 aliphatic heterocycles. The average Bonchev–Trinajstić information content (AvgIpc) is 3.13. The van der Waals surface area contributed by atoms with Crippen LogP contribution in [0.2, 0.25) is 0 Å². The summed E-state index contributed by atoms with van der Waals surface area (Å²) < 4.78 is 5.59. The zero-order valence-corrected chi connectivity index (χ0v) is 11.0. The van der Waals surface area contributed by atoms with Crippen molar-refractivity contribution >= 4 is 5.91 Å². The Morgan fingerprint density at radius 1 is 1.61 bits per heavy atom. The summed E-state index contributed by atoms with van der Waals surface area (Å²) in [7, 11) is 0. The monoisotopic (exact) mass is 251 g/mol. The van der Waals surface area contributed by atoms with Gasteiger partial charge >= 0.3 is 5.91 Å². The molecule has 0 unspecified atom stereocenters. The van der Waals surface area contributed by atoms with E-state index < -0.39 is 0 Å². The second-order valence-corrected chi connectivity index (χ2v) is 4.90. The van der Waals surface area contributed by atoms with Crippen molar-refractivity contribution in [2.75, 3.05) is 6.54 Å². The number of carbonyl (C=O) groups excluding carboxylic acids is 1. The van der Waals surface area contributed by atoms with Gasteiger partial charge in [0.15, 0.2) is 5.76 Å². The summed E-state index contributed by atoms with van der Waals surface area (Å²) in [5.74, 6) is 5.91. The van der Waals surface area contributed by atoms with Crippen molar-refractivity contribution in [2.24, 2.45) is 5.84 Å². The molecule has 1 aliphatic carbocycles. The first kappa shape index (κ1) is 13.1. The molecule has 1 aliphatic rings. The van der Waals surface area contributed by atoms with Crippen LogP contribution < -0.4 is 11.3 Å². The molecule has 0 saturated heterocycles. The number of nitrogens with zero attached hydrogens (tertiary/aromatic N) is 1. The molecule has 3 N–H and O–H groups in total. The lowest BCUT2D eigenvalue weighted by Crippen LogP contribution is -2.30. The number of hydrazine groups is 1. The fourth-order valence-corrected chi connectivity index (χ4v) is 2.23. The molecule has 2 rings (SSSR count). The number of furan rings is 1. The summed E-state index contributed by atoms with van der Waals surface area (Å²) in [5, 5.41) is 0. The highest BCUT2D eigenvalue weighted by Crippen LogP contribution is 2.29. The zero-order chi connectivity index (χ0) is 13.1. The van der Waals surface area contributed by atoms with E-state index in [0.717, 1.165) is 30.8 Å². The minimum Gasteiger partial charge on any atom is -0.454 e. The van der Waals surface area contributed by atoms with E-state index in [9.17, 15) is 4.79 Å². The molecule has 1 aromatic rings. The predicted molar refractivity (Wildman–Crippen MR) is 68.8 cm³/mol. The van der Waals surface area contributed by atoms with Crippen molar-refractivity contribution in [2.45, 2.75) is 45.7 Å². The van der Waals surface area contributed by atoms with Gasteiger partial charge < -0.3 is 4.42 Å². The summed E-state index contributed by atoms with van der Waals surface area (Å²) in [4.78, 5) is 13.9. The van der Waals surface area contributed by atoms with Crippen molar-refractivity contribution in [3.8, 4) is 0 Å². The van der Waals surface area contributed by atoms with Gasteiger partial charge in [0, 0.05) is 11.6 Å². The van der Waals surface area contributed by atoms with Crippen LogP contribution in [0.5, 0.6) is 0 Å². The maximum Gasteiger partial charge on any atom is 0.301 e. The van der Waals surface area contributed by atoms with Crippen LogP contribution in [0.4, 0.5) is 0 Å². The number of hydrogen-bond acceptors (Lipinski definition) is 4. The third kappa shape index (κ3) is 2.91. The molecule has 1 fully saturated rings.